The van der Waals surface area contributed by atoms with Crippen LogP contribution in [0.2, 0.25) is 5.02 Å². The number of carboxylic acids is 1. The Morgan fingerprint density at radius 2 is 1.53 bits per heavy atom. The number of halogens is 7. The van der Waals surface area contributed by atoms with Crippen molar-refractivity contribution in [1.29, 1.82) is 0 Å². The van der Waals surface area contributed by atoms with Gasteiger partial charge in [0.15, 0.2) is 6.61 Å². The molecule has 0 radical (unpaired) electrons. The fourth-order valence-electron chi connectivity index (χ4n) is 4.78. The van der Waals surface area contributed by atoms with Crippen molar-refractivity contribution >= 4 is 58.6 Å². The number of rotatable bonds is 14. The number of amides is 3. The predicted molar refractivity (Wildman–Crippen MR) is 181 cm³/mol. The molecule has 15 nitrogen and oxygen atoms in total. The molecule has 1 heterocycles. The smallest absolute Gasteiger partial charge is 0.480 e. The molecular formula is C33H27ClF6N8O7. The number of carboxylic acid groups (broad SMARTS) is 1. The van der Waals surface area contributed by atoms with Crippen LogP contribution in [0.25, 0.3) is 0 Å². The fraction of sp³-hybridized carbons (Fsp3) is 0.242. The molecule has 0 unspecified atom stereocenters. The lowest BCUT2D eigenvalue weighted by atomic mass is 10.1. The summed E-state index contributed by atoms with van der Waals surface area (Å²) in [6.07, 6.45) is -8.36. The molecule has 55 heavy (non-hydrogen) atoms. The van der Waals surface area contributed by atoms with Gasteiger partial charge in [0.2, 0.25) is 11.9 Å². The SMILES string of the molecule is O=C(NC[C@H](NC(=O)c1ccc(Nc2nc(NC3(c4ccc(Cl)cc4)CC3)nc(OCC(F)(F)F)n2)cc1)C(=O)O)C(=O)Nc1cccc(OC(F)(F)F)c1. The van der Waals surface area contributed by atoms with Crippen LogP contribution in [0.5, 0.6) is 11.8 Å². The molecule has 1 atom stereocenters. The molecule has 1 saturated carbocycles. The van der Waals surface area contributed by atoms with Crippen molar-refractivity contribution in [3.8, 4) is 11.8 Å². The molecular weight excluding hydrogens is 770 g/mol. The third kappa shape index (κ3) is 11.8. The molecule has 1 aliphatic carbocycles. The molecule has 6 N–H and O–H groups in total. The molecule has 290 valence electrons. The summed E-state index contributed by atoms with van der Waals surface area (Å²) in [5, 5.41) is 22.2. The van der Waals surface area contributed by atoms with E-state index in [1.807, 2.05) is 10.6 Å². The zero-order chi connectivity index (χ0) is 40.0. The van der Waals surface area contributed by atoms with Crippen LogP contribution >= 0.6 is 11.6 Å². The van der Waals surface area contributed by atoms with Gasteiger partial charge in [-0.25, -0.2) is 4.79 Å². The van der Waals surface area contributed by atoms with Crippen molar-refractivity contribution in [3.05, 3.63) is 88.9 Å². The number of benzene rings is 3. The molecule has 1 aliphatic rings. The Kier molecular flexibility index (Phi) is 11.8. The number of nitrogens with one attached hydrogen (secondary N) is 5. The lowest BCUT2D eigenvalue weighted by Gasteiger charge is -2.19. The van der Waals surface area contributed by atoms with Crippen LogP contribution in [-0.4, -0.2) is 75.5 Å². The van der Waals surface area contributed by atoms with Crippen molar-refractivity contribution in [2.45, 2.75) is 37.0 Å². The van der Waals surface area contributed by atoms with Gasteiger partial charge in [-0.3, -0.25) is 14.4 Å². The number of hydrogen-bond donors (Lipinski definition) is 6. The first kappa shape index (κ1) is 39.8. The highest BCUT2D eigenvalue weighted by molar-refractivity contribution is 6.39. The fourth-order valence-corrected chi connectivity index (χ4v) is 4.91. The third-order valence-electron chi connectivity index (χ3n) is 7.48. The number of ether oxygens (including phenoxy) is 2. The number of aromatic nitrogens is 3. The lowest BCUT2D eigenvalue weighted by molar-refractivity contribution is -0.274. The van der Waals surface area contributed by atoms with Crippen molar-refractivity contribution < 1.29 is 60.1 Å². The van der Waals surface area contributed by atoms with Crippen molar-refractivity contribution in [3.63, 3.8) is 0 Å². The van der Waals surface area contributed by atoms with E-state index in [9.17, 15) is 50.6 Å². The highest BCUT2D eigenvalue weighted by Gasteiger charge is 2.45. The average molecular weight is 797 g/mol. The summed E-state index contributed by atoms with van der Waals surface area (Å²) in [6, 6.07) is 13.9. The van der Waals surface area contributed by atoms with Crippen LogP contribution in [0, 0.1) is 0 Å². The van der Waals surface area contributed by atoms with Gasteiger partial charge in [-0.2, -0.15) is 28.1 Å². The topological polar surface area (TPSA) is 206 Å². The number of anilines is 4. The molecule has 0 saturated heterocycles. The lowest BCUT2D eigenvalue weighted by Crippen LogP contribution is -2.50. The van der Waals surface area contributed by atoms with E-state index >= 15 is 0 Å². The number of aliphatic carboxylic acids is 1. The third-order valence-corrected chi connectivity index (χ3v) is 7.73. The highest BCUT2D eigenvalue weighted by atomic mass is 35.5. The Balaban J connectivity index is 1.20. The van der Waals surface area contributed by atoms with Crippen LogP contribution in [0.15, 0.2) is 72.8 Å². The van der Waals surface area contributed by atoms with Gasteiger partial charge < -0.3 is 41.2 Å². The monoisotopic (exact) mass is 796 g/mol. The highest BCUT2D eigenvalue weighted by Crippen LogP contribution is 2.48. The number of carbonyl (C=O) groups excluding carboxylic acids is 3. The Labute approximate surface area is 310 Å². The Bertz CT molecular complexity index is 2050. The van der Waals surface area contributed by atoms with Crippen LogP contribution < -0.4 is 36.1 Å². The Hall–Kier alpha value is -6.38. The van der Waals surface area contributed by atoms with E-state index in [4.69, 9.17) is 16.3 Å². The minimum Gasteiger partial charge on any atom is -0.480 e. The van der Waals surface area contributed by atoms with E-state index in [1.165, 1.54) is 30.3 Å². The predicted octanol–water partition coefficient (Wildman–Crippen LogP) is 5.15. The van der Waals surface area contributed by atoms with Crippen molar-refractivity contribution in [1.82, 2.24) is 25.6 Å². The molecule has 0 bridgehead atoms. The standard InChI is InChI=1S/C33H27ClF6N8O7/c34-19-8-6-18(7-9-19)31(12-13-31)48-29-45-28(46-30(47-29)54-16-32(35,36)37)43-20-10-4-17(5-11-20)24(49)44-23(27(52)53)15-41-25(50)26(51)42-21-2-1-3-22(14-21)55-33(38,39)40/h1-11,14,23H,12-13,15-16H2,(H,41,50)(H,42,51)(H,44,49)(H,52,53)(H2,43,45,46,47,48)/t23-/m0/s1. The van der Waals surface area contributed by atoms with Crippen LogP contribution in [0.4, 0.5) is 49.6 Å². The molecule has 0 spiro atoms. The summed E-state index contributed by atoms with van der Waals surface area (Å²) < 4.78 is 84.7. The summed E-state index contributed by atoms with van der Waals surface area (Å²) in [4.78, 5) is 61.3. The molecule has 0 aliphatic heterocycles. The maximum absolute atomic E-state index is 12.9. The van der Waals surface area contributed by atoms with Gasteiger partial charge in [-0.05, 0) is 66.9 Å². The number of carbonyl (C=O) groups is 4. The van der Waals surface area contributed by atoms with Gasteiger partial charge in [-0.1, -0.05) is 29.8 Å². The van der Waals surface area contributed by atoms with Crippen molar-refractivity contribution in [2.24, 2.45) is 0 Å². The minimum atomic E-state index is -5.00. The maximum Gasteiger partial charge on any atom is 0.573 e. The van der Waals surface area contributed by atoms with Gasteiger partial charge in [-0.15, -0.1) is 13.2 Å². The van der Waals surface area contributed by atoms with Gasteiger partial charge in [0.05, 0.1) is 5.54 Å². The summed E-state index contributed by atoms with van der Waals surface area (Å²) in [5.74, 6) is -6.19. The molecule has 1 fully saturated rings. The number of alkyl halides is 6. The van der Waals surface area contributed by atoms with Gasteiger partial charge >= 0.3 is 36.3 Å². The quantitative estimate of drug-likeness (QED) is 0.0725. The Morgan fingerprint density at radius 1 is 0.855 bits per heavy atom. The molecule has 22 heteroatoms. The summed E-state index contributed by atoms with van der Waals surface area (Å²) in [7, 11) is 0. The van der Waals surface area contributed by atoms with Gasteiger partial charge in [0.1, 0.15) is 11.8 Å². The molecule has 4 aromatic rings. The average Bonchev–Trinajstić information content (AvgIpc) is 3.88. The molecule has 5 rings (SSSR count). The first-order chi connectivity index (χ1) is 25.9. The van der Waals surface area contributed by atoms with Gasteiger partial charge in [0.25, 0.3) is 5.91 Å². The van der Waals surface area contributed by atoms with E-state index in [0.29, 0.717) is 17.9 Å². The largest absolute Gasteiger partial charge is 0.573 e. The van der Waals surface area contributed by atoms with Crippen LogP contribution in [-0.2, 0) is 19.9 Å². The van der Waals surface area contributed by atoms with Crippen LogP contribution in [0.1, 0.15) is 28.8 Å². The van der Waals surface area contributed by atoms with Gasteiger partial charge in [0, 0.05) is 34.6 Å². The normalized spacial score (nSPS) is 13.8. The first-order valence-corrected chi connectivity index (χ1v) is 16.1. The summed E-state index contributed by atoms with van der Waals surface area (Å²) >= 11 is 6.00. The first-order valence-electron chi connectivity index (χ1n) is 15.7. The second kappa shape index (κ2) is 16.3. The summed E-state index contributed by atoms with van der Waals surface area (Å²) in [6.45, 7) is -2.44. The maximum atomic E-state index is 12.9. The molecule has 3 amide bonds. The van der Waals surface area contributed by atoms with E-state index in [1.54, 1.807) is 24.3 Å². The second-order valence-corrected chi connectivity index (χ2v) is 12.1. The van der Waals surface area contributed by atoms with E-state index in [0.717, 1.165) is 23.8 Å². The Morgan fingerprint density at radius 3 is 2.15 bits per heavy atom. The zero-order valence-electron chi connectivity index (χ0n) is 27.7. The number of nitrogens with zero attached hydrogens (tertiary/aromatic N) is 3. The number of hydrogen-bond acceptors (Lipinski definition) is 11. The van der Waals surface area contributed by atoms with E-state index in [2.05, 4.69) is 35.6 Å². The second-order valence-electron chi connectivity index (χ2n) is 11.7. The minimum absolute atomic E-state index is 0.0623. The summed E-state index contributed by atoms with van der Waals surface area (Å²) in [5.41, 5.74) is 0.199. The molecule has 1 aromatic heterocycles. The molecule has 3 aromatic carbocycles. The van der Waals surface area contributed by atoms with E-state index in [-0.39, 0.29) is 28.8 Å². The zero-order valence-corrected chi connectivity index (χ0v) is 28.5. The van der Waals surface area contributed by atoms with E-state index < -0.39 is 72.7 Å². The van der Waals surface area contributed by atoms with Crippen molar-refractivity contribution in [2.75, 3.05) is 29.1 Å². The van der Waals surface area contributed by atoms with Crippen LogP contribution in [0.3, 0.4) is 0 Å².